The Morgan fingerprint density at radius 1 is 1.05 bits per heavy atom. The monoisotopic (exact) mass is 285 g/mol. The Hall–Kier alpha value is -0.770. The van der Waals surface area contributed by atoms with Crippen molar-refractivity contribution in [2.75, 3.05) is 13.1 Å². The lowest BCUT2D eigenvalue weighted by molar-refractivity contribution is -0.121. The fraction of sp³-hybridized carbons (Fsp3) is 0.938. The molecule has 0 amide bonds. The average molecular weight is 285 g/mol. The third-order valence-electron chi connectivity index (χ3n) is 3.87. The molecule has 0 aromatic heterocycles. The maximum atomic E-state index is 11.7. The summed E-state index contributed by atoms with van der Waals surface area (Å²) in [6.07, 6.45) is 11.1. The second-order valence-electron chi connectivity index (χ2n) is 5.68. The Morgan fingerprint density at radius 2 is 1.70 bits per heavy atom. The van der Waals surface area contributed by atoms with Crippen LogP contribution >= 0.6 is 0 Å². The molecular formula is C16H31NO3. The van der Waals surface area contributed by atoms with Gasteiger partial charge in [0.25, 0.3) is 0 Å². The van der Waals surface area contributed by atoms with Gasteiger partial charge in [-0.25, -0.2) is 4.79 Å². The van der Waals surface area contributed by atoms with E-state index < -0.39 is 6.16 Å². The van der Waals surface area contributed by atoms with E-state index in [1.165, 1.54) is 32.1 Å². The maximum Gasteiger partial charge on any atom is 0.528 e. The number of carbonyl (C=O) groups is 1. The van der Waals surface area contributed by atoms with Crippen molar-refractivity contribution in [2.24, 2.45) is 0 Å². The van der Waals surface area contributed by atoms with Crippen molar-refractivity contribution in [1.29, 1.82) is 0 Å². The lowest BCUT2D eigenvalue weighted by Crippen LogP contribution is -2.27. The number of carbonyl (C=O) groups excluding carboxylic acids is 1. The van der Waals surface area contributed by atoms with E-state index in [0.717, 1.165) is 45.2 Å². The molecule has 1 aliphatic heterocycles. The Bertz CT molecular complexity index is 252. The number of nitrogens with zero attached hydrogens (tertiary/aromatic N) is 1. The van der Waals surface area contributed by atoms with Crippen LogP contribution in [0.15, 0.2) is 0 Å². The average Bonchev–Trinajstić information content (AvgIpc) is 2.94. The minimum absolute atomic E-state index is 0.0104. The molecule has 0 radical (unpaired) electrons. The van der Waals surface area contributed by atoms with Gasteiger partial charge in [0.15, 0.2) is 0 Å². The van der Waals surface area contributed by atoms with E-state index in [-0.39, 0.29) is 6.10 Å². The molecule has 1 aliphatic rings. The van der Waals surface area contributed by atoms with Crippen molar-refractivity contribution >= 4 is 6.16 Å². The summed E-state index contributed by atoms with van der Waals surface area (Å²) in [5.41, 5.74) is 0. The summed E-state index contributed by atoms with van der Waals surface area (Å²) in [4.78, 5) is 16.8. The smallest absolute Gasteiger partial charge is 0.430 e. The molecule has 1 atom stereocenters. The van der Waals surface area contributed by atoms with Crippen molar-refractivity contribution in [3.63, 3.8) is 0 Å². The molecule has 0 spiro atoms. The van der Waals surface area contributed by atoms with Gasteiger partial charge in [-0.05, 0) is 32.1 Å². The van der Waals surface area contributed by atoms with Crippen molar-refractivity contribution in [3.8, 4) is 0 Å². The molecule has 118 valence electrons. The van der Waals surface area contributed by atoms with Crippen LogP contribution in [-0.4, -0.2) is 30.4 Å². The lowest BCUT2D eigenvalue weighted by Gasteiger charge is -2.18. The Balaban J connectivity index is 2.06. The summed E-state index contributed by atoms with van der Waals surface area (Å²) in [6.45, 7) is 5.96. The van der Waals surface area contributed by atoms with Gasteiger partial charge in [0.1, 0.15) is 6.10 Å². The second kappa shape index (κ2) is 11.0. The summed E-state index contributed by atoms with van der Waals surface area (Å²) in [5, 5.41) is 1.71. The first-order valence-electron chi connectivity index (χ1n) is 8.39. The molecule has 0 aromatic carbocycles. The topological polar surface area (TPSA) is 38.8 Å². The summed E-state index contributed by atoms with van der Waals surface area (Å²) in [7, 11) is 0. The number of unbranched alkanes of at least 4 members (excludes halogenated alkanes) is 5. The van der Waals surface area contributed by atoms with Gasteiger partial charge in [-0.2, -0.15) is 0 Å². The van der Waals surface area contributed by atoms with Gasteiger partial charge in [-0.3, -0.25) is 0 Å². The second-order valence-corrected chi connectivity index (χ2v) is 5.68. The highest BCUT2D eigenvalue weighted by molar-refractivity contribution is 5.59. The van der Waals surface area contributed by atoms with Crippen LogP contribution in [0.5, 0.6) is 0 Å². The van der Waals surface area contributed by atoms with Crippen LogP contribution in [0.2, 0.25) is 0 Å². The van der Waals surface area contributed by atoms with Gasteiger partial charge in [-0.1, -0.05) is 46.0 Å². The molecule has 4 nitrogen and oxygen atoms in total. The maximum absolute atomic E-state index is 11.7. The number of hydroxylamine groups is 2. The molecule has 0 aromatic rings. The van der Waals surface area contributed by atoms with Crippen LogP contribution in [0.25, 0.3) is 0 Å². The van der Waals surface area contributed by atoms with Gasteiger partial charge in [0.05, 0.1) is 0 Å². The molecule has 0 N–H and O–H groups in total. The first-order chi connectivity index (χ1) is 9.76. The van der Waals surface area contributed by atoms with E-state index in [0.29, 0.717) is 0 Å². The third-order valence-corrected chi connectivity index (χ3v) is 3.87. The quantitative estimate of drug-likeness (QED) is 0.431. The predicted molar refractivity (Wildman–Crippen MR) is 80.4 cm³/mol. The summed E-state index contributed by atoms with van der Waals surface area (Å²) in [6, 6.07) is 0. The van der Waals surface area contributed by atoms with E-state index >= 15 is 0 Å². The molecule has 0 saturated carbocycles. The third kappa shape index (κ3) is 7.73. The van der Waals surface area contributed by atoms with Gasteiger partial charge in [0, 0.05) is 13.1 Å². The molecule has 4 heteroatoms. The molecule has 1 saturated heterocycles. The zero-order valence-corrected chi connectivity index (χ0v) is 13.2. The first-order valence-corrected chi connectivity index (χ1v) is 8.39. The van der Waals surface area contributed by atoms with Crippen molar-refractivity contribution < 1.29 is 14.4 Å². The highest BCUT2D eigenvalue weighted by atomic mass is 16.8. The number of hydrogen-bond acceptors (Lipinski definition) is 4. The van der Waals surface area contributed by atoms with Gasteiger partial charge < -0.3 is 9.57 Å². The summed E-state index contributed by atoms with van der Waals surface area (Å²) in [5.74, 6) is 0. The molecule has 0 bridgehead atoms. The Morgan fingerprint density at radius 3 is 2.35 bits per heavy atom. The zero-order chi connectivity index (χ0) is 14.6. The SMILES string of the molecule is CCCCCCCCC(CC)OC(=O)ON1CCCC1. The molecule has 0 aliphatic carbocycles. The Kier molecular flexibility index (Phi) is 9.46. The standard InChI is InChI=1S/C16H31NO3/c1-3-5-6-7-8-9-12-15(4-2)19-16(18)20-17-13-10-11-14-17/h15H,3-14H2,1-2H3. The van der Waals surface area contributed by atoms with Gasteiger partial charge in [0.2, 0.25) is 0 Å². The summed E-state index contributed by atoms with van der Waals surface area (Å²) >= 11 is 0. The molecule has 1 unspecified atom stereocenters. The molecule has 1 rings (SSSR count). The van der Waals surface area contributed by atoms with Crippen molar-refractivity contribution in [3.05, 3.63) is 0 Å². The molecular weight excluding hydrogens is 254 g/mol. The van der Waals surface area contributed by atoms with Gasteiger partial charge in [-0.15, -0.1) is 5.06 Å². The zero-order valence-electron chi connectivity index (χ0n) is 13.2. The highest BCUT2D eigenvalue weighted by Crippen LogP contribution is 2.14. The van der Waals surface area contributed by atoms with E-state index in [1.807, 2.05) is 0 Å². The van der Waals surface area contributed by atoms with Crippen LogP contribution in [-0.2, 0) is 9.57 Å². The molecule has 20 heavy (non-hydrogen) atoms. The van der Waals surface area contributed by atoms with Crippen LogP contribution in [0.1, 0.15) is 78.1 Å². The number of rotatable bonds is 10. The summed E-state index contributed by atoms with van der Waals surface area (Å²) < 4.78 is 5.39. The van der Waals surface area contributed by atoms with E-state index in [2.05, 4.69) is 13.8 Å². The van der Waals surface area contributed by atoms with E-state index in [4.69, 9.17) is 9.57 Å². The highest BCUT2D eigenvalue weighted by Gasteiger charge is 2.20. The van der Waals surface area contributed by atoms with Crippen LogP contribution in [0, 0.1) is 0 Å². The lowest BCUT2D eigenvalue weighted by atomic mass is 10.1. The van der Waals surface area contributed by atoms with Crippen LogP contribution < -0.4 is 0 Å². The first kappa shape index (κ1) is 17.3. The molecule has 1 fully saturated rings. The van der Waals surface area contributed by atoms with E-state index in [1.54, 1.807) is 5.06 Å². The largest absolute Gasteiger partial charge is 0.528 e. The van der Waals surface area contributed by atoms with Crippen molar-refractivity contribution in [2.45, 2.75) is 84.2 Å². The fourth-order valence-corrected chi connectivity index (χ4v) is 2.54. The van der Waals surface area contributed by atoms with Crippen molar-refractivity contribution in [1.82, 2.24) is 5.06 Å². The normalized spacial score (nSPS) is 17.1. The number of hydrogen-bond donors (Lipinski definition) is 0. The fourth-order valence-electron chi connectivity index (χ4n) is 2.54. The van der Waals surface area contributed by atoms with Crippen LogP contribution in [0.3, 0.4) is 0 Å². The Labute approximate surface area is 123 Å². The predicted octanol–water partition coefficient (Wildman–Crippen LogP) is 4.68. The van der Waals surface area contributed by atoms with Gasteiger partial charge >= 0.3 is 6.16 Å². The molecule has 1 heterocycles. The van der Waals surface area contributed by atoms with E-state index in [9.17, 15) is 4.79 Å². The number of ether oxygens (including phenoxy) is 1. The minimum Gasteiger partial charge on any atom is -0.430 e. The minimum atomic E-state index is -0.523. The van der Waals surface area contributed by atoms with Crippen LogP contribution in [0.4, 0.5) is 4.79 Å².